The van der Waals surface area contributed by atoms with Gasteiger partial charge in [-0.15, -0.1) is 0 Å². The second kappa shape index (κ2) is 7.11. The number of carboxylic acid groups (broad SMARTS) is 2. The van der Waals surface area contributed by atoms with Crippen LogP contribution >= 0.6 is 27.5 Å². The zero-order chi connectivity index (χ0) is 15.3. The first-order valence-corrected chi connectivity index (χ1v) is 6.44. The van der Waals surface area contributed by atoms with Crippen molar-refractivity contribution < 1.29 is 24.6 Å². The highest BCUT2D eigenvalue weighted by molar-refractivity contribution is 9.10. The summed E-state index contributed by atoms with van der Waals surface area (Å²) in [6.07, 6.45) is -0.718. The summed E-state index contributed by atoms with van der Waals surface area (Å²) in [6.45, 7) is 0. The zero-order valence-electron chi connectivity index (χ0n) is 9.89. The fourth-order valence-corrected chi connectivity index (χ4v) is 1.70. The summed E-state index contributed by atoms with van der Waals surface area (Å²) >= 11 is 9.01. The Morgan fingerprint density at radius 2 is 1.95 bits per heavy atom. The fourth-order valence-electron chi connectivity index (χ4n) is 1.27. The van der Waals surface area contributed by atoms with E-state index < -0.39 is 30.4 Å². The van der Waals surface area contributed by atoms with Crippen molar-refractivity contribution in [1.82, 2.24) is 5.32 Å². The maximum Gasteiger partial charge on any atom is 0.326 e. The summed E-state index contributed by atoms with van der Waals surface area (Å²) in [4.78, 5) is 32.8. The van der Waals surface area contributed by atoms with Crippen LogP contribution in [0.25, 0.3) is 0 Å². The SMILES string of the molecule is O=C(O)C[C@H](NC(=O)Nc1ccc(Br)c(Cl)c1)C(=O)O. The van der Waals surface area contributed by atoms with Crippen molar-refractivity contribution in [3.05, 3.63) is 27.7 Å². The average Bonchev–Trinajstić information content (AvgIpc) is 2.32. The summed E-state index contributed by atoms with van der Waals surface area (Å²) in [5, 5.41) is 22.1. The molecule has 7 nitrogen and oxygen atoms in total. The van der Waals surface area contributed by atoms with Crippen LogP contribution in [-0.4, -0.2) is 34.2 Å². The molecular weight excluding hydrogens is 355 g/mol. The van der Waals surface area contributed by atoms with E-state index in [4.69, 9.17) is 21.8 Å². The first-order valence-electron chi connectivity index (χ1n) is 5.26. The molecule has 0 aliphatic carbocycles. The van der Waals surface area contributed by atoms with Crippen LogP contribution in [0.15, 0.2) is 22.7 Å². The molecule has 0 radical (unpaired) electrons. The van der Waals surface area contributed by atoms with Crippen LogP contribution in [0.2, 0.25) is 5.02 Å². The second-order valence-electron chi connectivity index (χ2n) is 3.72. The van der Waals surface area contributed by atoms with Crippen molar-refractivity contribution in [1.29, 1.82) is 0 Å². The summed E-state index contributed by atoms with van der Waals surface area (Å²) in [5.74, 6) is -2.76. The van der Waals surface area contributed by atoms with Gasteiger partial charge in [0.1, 0.15) is 6.04 Å². The first kappa shape index (κ1) is 16.3. The lowest BCUT2D eigenvalue weighted by Crippen LogP contribution is -2.44. The molecule has 1 aromatic carbocycles. The summed E-state index contributed by atoms with van der Waals surface area (Å²) in [5.41, 5.74) is 0.343. The molecule has 20 heavy (non-hydrogen) atoms. The van der Waals surface area contributed by atoms with E-state index in [1.165, 1.54) is 6.07 Å². The predicted octanol–water partition coefficient (Wildman–Crippen LogP) is 2.15. The molecule has 0 bridgehead atoms. The summed E-state index contributed by atoms with van der Waals surface area (Å²) < 4.78 is 0.638. The molecule has 0 aromatic heterocycles. The van der Waals surface area contributed by atoms with Gasteiger partial charge < -0.3 is 20.8 Å². The number of nitrogens with one attached hydrogen (secondary N) is 2. The second-order valence-corrected chi connectivity index (χ2v) is 4.98. The van der Waals surface area contributed by atoms with Crippen LogP contribution in [-0.2, 0) is 9.59 Å². The largest absolute Gasteiger partial charge is 0.481 e. The van der Waals surface area contributed by atoms with Crippen molar-refractivity contribution in [3.63, 3.8) is 0 Å². The number of amides is 2. The Labute approximate surface area is 127 Å². The number of anilines is 1. The number of hydrogen-bond donors (Lipinski definition) is 4. The molecule has 1 rings (SSSR count). The summed E-state index contributed by atoms with van der Waals surface area (Å²) in [6, 6.07) is 2.25. The molecular formula is C11H10BrClN2O5. The van der Waals surface area contributed by atoms with Gasteiger partial charge in [-0.1, -0.05) is 11.6 Å². The zero-order valence-corrected chi connectivity index (χ0v) is 12.2. The molecule has 0 unspecified atom stereocenters. The standard InChI is InChI=1S/C11H10BrClN2O5/c12-6-2-1-5(3-7(6)13)14-11(20)15-8(10(18)19)4-9(16)17/h1-3,8H,4H2,(H,16,17)(H,18,19)(H2,14,15,20)/t8-/m0/s1. The minimum absolute atomic E-state index is 0.343. The van der Waals surface area contributed by atoms with Gasteiger partial charge in [-0.2, -0.15) is 0 Å². The van der Waals surface area contributed by atoms with Gasteiger partial charge in [0.05, 0.1) is 11.4 Å². The van der Waals surface area contributed by atoms with Gasteiger partial charge in [-0.3, -0.25) is 4.79 Å². The van der Waals surface area contributed by atoms with Crippen LogP contribution in [0.1, 0.15) is 6.42 Å². The van der Waals surface area contributed by atoms with Gasteiger partial charge in [0.15, 0.2) is 0 Å². The van der Waals surface area contributed by atoms with Crippen molar-refractivity contribution in [2.45, 2.75) is 12.5 Å². The van der Waals surface area contributed by atoms with Crippen LogP contribution in [0.3, 0.4) is 0 Å². The van der Waals surface area contributed by atoms with Crippen molar-refractivity contribution in [2.24, 2.45) is 0 Å². The molecule has 0 spiro atoms. The molecule has 4 N–H and O–H groups in total. The molecule has 0 saturated heterocycles. The molecule has 0 saturated carbocycles. The molecule has 1 atom stereocenters. The van der Waals surface area contributed by atoms with Crippen LogP contribution in [0.4, 0.5) is 10.5 Å². The van der Waals surface area contributed by atoms with E-state index >= 15 is 0 Å². The van der Waals surface area contributed by atoms with Gasteiger partial charge >= 0.3 is 18.0 Å². The van der Waals surface area contributed by atoms with Crippen LogP contribution in [0.5, 0.6) is 0 Å². The van der Waals surface area contributed by atoms with Gasteiger partial charge in [0, 0.05) is 10.2 Å². The Morgan fingerprint density at radius 1 is 1.30 bits per heavy atom. The molecule has 0 fully saturated rings. The number of hydrogen-bond acceptors (Lipinski definition) is 3. The maximum atomic E-state index is 11.6. The van der Waals surface area contributed by atoms with E-state index in [0.29, 0.717) is 15.2 Å². The van der Waals surface area contributed by atoms with Crippen molar-refractivity contribution >= 4 is 51.2 Å². The Bertz CT molecular complexity index is 552. The minimum Gasteiger partial charge on any atom is -0.481 e. The Balaban J connectivity index is 2.67. The molecule has 108 valence electrons. The number of halogens is 2. The van der Waals surface area contributed by atoms with E-state index in [-0.39, 0.29) is 0 Å². The lowest BCUT2D eigenvalue weighted by molar-refractivity contribution is -0.145. The van der Waals surface area contributed by atoms with Gasteiger partial charge in [-0.25, -0.2) is 9.59 Å². The van der Waals surface area contributed by atoms with Gasteiger partial charge in [-0.05, 0) is 34.1 Å². The lowest BCUT2D eigenvalue weighted by atomic mass is 10.2. The average molecular weight is 366 g/mol. The monoisotopic (exact) mass is 364 g/mol. The molecule has 1 aromatic rings. The molecule has 2 amide bonds. The third-order valence-corrected chi connectivity index (χ3v) is 3.39. The number of benzene rings is 1. The lowest BCUT2D eigenvalue weighted by Gasteiger charge is -2.13. The van der Waals surface area contributed by atoms with E-state index in [1.807, 2.05) is 5.32 Å². The Hall–Kier alpha value is -1.80. The van der Waals surface area contributed by atoms with Gasteiger partial charge in [0.2, 0.25) is 0 Å². The third kappa shape index (κ3) is 5.06. The van der Waals surface area contributed by atoms with E-state index in [2.05, 4.69) is 21.2 Å². The normalized spacial score (nSPS) is 11.5. The third-order valence-electron chi connectivity index (χ3n) is 2.16. The first-order chi connectivity index (χ1) is 9.29. The molecule has 0 aliphatic heterocycles. The molecule has 0 heterocycles. The van der Waals surface area contributed by atoms with E-state index in [0.717, 1.165) is 0 Å². The highest BCUT2D eigenvalue weighted by atomic mass is 79.9. The maximum absolute atomic E-state index is 11.6. The quantitative estimate of drug-likeness (QED) is 0.638. The van der Waals surface area contributed by atoms with Gasteiger partial charge in [0.25, 0.3) is 0 Å². The fraction of sp³-hybridized carbons (Fsp3) is 0.182. The van der Waals surface area contributed by atoms with Crippen molar-refractivity contribution in [3.8, 4) is 0 Å². The number of carboxylic acids is 2. The van der Waals surface area contributed by atoms with E-state index in [1.54, 1.807) is 12.1 Å². The topological polar surface area (TPSA) is 116 Å². The number of aliphatic carboxylic acids is 2. The molecule has 9 heteroatoms. The Kier molecular flexibility index (Phi) is 5.78. The predicted molar refractivity (Wildman–Crippen MR) is 75.0 cm³/mol. The summed E-state index contributed by atoms with van der Waals surface area (Å²) in [7, 11) is 0. The van der Waals surface area contributed by atoms with Crippen LogP contribution < -0.4 is 10.6 Å². The Morgan fingerprint density at radius 3 is 2.45 bits per heavy atom. The highest BCUT2D eigenvalue weighted by Gasteiger charge is 2.23. The molecule has 0 aliphatic rings. The smallest absolute Gasteiger partial charge is 0.326 e. The number of carbonyl (C=O) groups is 3. The number of urea groups is 1. The van der Waals surface area contributed by atoms with E-state index in [9.17, 15) is 14.4 Å². The number of carbonyl (C=O) groups excluding carboxylic acids is 1. The number of rotatable bonds is 5. The minimum atomic E-state index is -1.52. The van der Waals surface area contributed by atoms with Crippen LogP contribution in [0, 0.1) is 0 Å². The van der Waals surface area contributed by atoms with Crippen molar-refractivity contribution in [2.75, 3.05) is 5.32 Å². The highest BCUT2D eigenvalue weighted by Crippen LogP contribution is 2.25.